The van der Waals surface area contributed by atoms with Crippen LogP contribution in [-0.4, -0.2) is 60.3 Å². The third-order valence-corrected chi connectivity index (χ3v) is 5.98. The number of aryl methyl sites for hydroxylation is 1. The number of nitrogens with zero attached hydrogens (tertiary/aromatic N) is 2. The van der Waals surface area contributed by atoms with Crippen molar-refractivity contribution < 1.29 is 32.2 Å². The van der Waals surface area contributed by atoms with E-state index in [1.54, 1.807) is 9.80 Å². The van der Waals surface area contributed by atoms with Crippen molar-refractivity contribution >= 4 is 17.8 Å². The first-order valence-electron chi connectivity index (χ1n) is 12.8. The molecule has 10 heteroatoms. The van der Waals surface area contributed by atoms with E-state index in [1.165, 1.54) is 12.1 Å². The Balaban J connectivity index is 1.31. The number of anilines is 1. The maximum Gasteiger partial charge on any atom is 0.416 e. The monoisotopic (exact) mass is 535 g/mol. The number of alkyl halides is 3. The molecule has 0 unspecified atom stereocenters. The second-order valence-corrected chi connectivity index (χ2v) is 10.3. The van der Waals surface area contributed by atoms with Crippen LogP contribution in [0.3, 0.4) is 0 Å². The standard InChI is InChI=1S/C28H36F3N3O4/c1-27(2,3)38-26(36)34-18-16-33(17-19-34)25(35)32-23-12-8-21(9-13-23)7-5-4-6-20-37-24-14-10-22(11-15-24)28(29,30)31/h8-15H,4-7,16-20H2,1-3H3,(H,32,35). The minimum atomic E-state index is -4.34. The molecule has 2 aromatic rings. The largest absolute Gasteiger partial charge is 0.494 e. The molecule has 38 heavy (non-hydrogen) atoms. The van der Waals surface area contributed by atoms with E-state index in [0.717, 1.165) is 43.4 Å². The highest BCUT2D eigenvalue weighted by atomic mass is 19.4. The average Bonchev–Trinajstić information content (AvgIpc) is 2.86. The predicted molar refractivity (Wildman–Crippen MR) is 139 cm³/mol. The molecule has 7 nitrogen and oxygen atoms in total. The highest BCUT2D eigenvalue weighted by molar-refractivity contribution is 5.89. The summed E-state index contributed by atoms with van der Waals surface area (Å²) in [6, 6.07) is 12.2. The SMILES string of the molecule is CC(C)(C)OC(=O)N1CCN(C(=O)Nc2ccc(CCCCCOc3ccc(C(F)(F)F)cc3)cc2)CC1. The molecule has 1 N–H and O–H groups in total. The summed E-state index contributed by atoms with van der Waals surface area (Å²) in [5.41, 5.74) is 0.620. The third kappa shape index (κ3) is 9.46. The molecule has 1 aliphatic rings. The number of urea groups is 1. The Hall–Kier alpha value is -3.43. The van der Waals surface area contributed by atoms with Gasteiger partial charge in [0.05, 0.1) is 12.2 Å². The number of carbonyl (C=O) groups excluding carboxylic acids is 2. The van der Waals surface area contributed by atoms with Crippen LogP contribution in [0.15, 0.2) is 48.5 Å². The number of carbonyl (C=O) groups is 2. The number of hydrogen-bond acceptors (Lipinski definition) is 4. The highest BCUT2D eigenvalue weighted by Crippen LogP contribution is 2.30. The van der Waals surface area contributed by atoms with Crippen LogP contribution in [0.25, 0.3) is 0 Å². The lowest BCUT2D eigenvalue weighted by Crippen LogP contribution is -2.52. The van der Waals surface area contributed by atoms with Gasteiger partial charge in [-0.2, -0.15) is 13.2 Å². The van der Waals surface area contributed by atoms with Crippen LogP contribution >= 0.6 is 0 Å². The van der Waals surface area contributed by atoms with Crippen molar-refractivity contribution in [2.75, 3.05) is 38.1 Å². The van der Waals surface area contributed by atoms with Gasteiger partial charge in [-0.3, -0.25) is 0 Å². The zero-order valence-corrected chi connectivity index (χ0v) is 22.1. The van der Waals surface area contributed by atoms with E-state index in [1.807, 2.05) is 45.0 Å². The van der Waals surface area contributed by atoms with Crippen molar-refractivity contribution in [2.45, 2.75) is 58.2 Å². The number of halogens is 3. The van der Waals surface area contributed by atoms with E-state index < -0.39 is 17.3 Å². The number of ether oxygens (including phenoxy) is 2. The summed E-state index contributed by atoms with van der Waals surface area (Å²) in [5.74, 6) is 0.431. The van der Waals surface area contributed by atoms with E-state index in [9.17, 15) is 22.8 Å². The molecule has 0 spiro atoms. The second-order valence-electron chi connectivity index (χ2n) is 10.3. The van der Waals surface area contributed by atoms with Crippen LogP contribution in [0.4, 0.5) is 28.4 Å². The van der Waals surface area contributed by atoms with E-state index in [4.69, 9.17) is 9.47 Å². The average molecular weight is 536 g/mol. The molecule has 3 rings (SSSR count). The van der Waals surface area contributed by atoms with Crippen molar-refractivity contribution in [1.82, 2.24) is 9.80 Å². The molecular formula is C28H36F3N3O4. The van der Waals surface area contributed by atoms with Crippen LogP contribution in [0.1, 0.15) is 51.2 Å². The summed E-state index contributed by atoms with van der Waals surface area (Å²) in [6.07, 6.45) is -1.15. The summed E-state index contributed by atoms with van der Waals surface area (Å²) >= 11 is 0. The predicted octanol–water partition coefficient (Wildman–Crippen LogP) is 6.58. The first-order chi connectivity index (χ1) is 17.9. The maximum absolute atomic E-state index is 12.6. The van der Waals surface area contributed by atoms with Crippen LogP contribution < -0.4 is 10.1 Å². The minimum Gasteiger partial charge on any atom is -0.494 e. The van der Waals surface area contributed by atoms with Crippen LogP contribution in [0, 0.1) is 0 Å². The van der Waals surface area contributed by atoms with Gasteiger partial charge in [-0.15, -0.1) is 0 Å². The smallest absolute Gasteiger partial charge is 0.416 e. The molecule has 3 amide bonds. The molecule has 0 bridgehead atoms. The molecule has 0 atom stereocenters. The Bertz CT molecular complexity index is 1040. The number of nitrogens with one attached hydrogen (secondary N) is 1. The number of hydrogen-bond donors (Lipinski definition) is 1. The zero-order chi connectivity index (χ0) is 27.8. The first-order valence-corrected chi connectivity index (χ1v) is 12.8. The molecule has 0 aromatic heterocycles. The van der Waals surface area contributed by atoms with E-state index in [2.05, 4.69) is 5.32 Å². The van der Waals surface area contributed by atoms with Crippen molar-refractivity contribution in [1.29, 1.82) is 0 Å². The number of amides is 3. The van der Waals surface area contributed by atoms with Crippen molar-refractivity contribution in [3.63, 3.8) is 0 Å². The molecule has 0 aliphatic carbocycles. The van der Waals surface area contributed by atoms with Gasteiger partial charge in [-0.05, 0) is 88.4 Å². The second kappa shape index (κ2) is 12.9. The molecule has 0 saturated carbocycles. The van der Waals surface area contributed by atoms with Gasteiger partial charge in [0, 0.05) is 31.9 Å². The lowest BCUT2D eigenvalue weighted by Gasteiger charge is -2.35. The minimum absolute atomic E-state index is 0.199. The highest BCUT2D eigenvalue weighted by Gasteiger charge is 2.30. The summed E-state index contributed by atoms with van der Waals surface area (Å²) in [7, 11) is 0. The van der Waals surface area contributed by atoms with Crippen molar-refractivity contribution in [3.05, 3.63) is 59.7 Å². The van der Waals surface area contributed by atoms with Gasteiger partial charge in [0.15, 0.2) is 0 Å². The molecule has 1 aliphatic heterocycles. The molecule has 2 aromatic carbocycles. The van der Waals surface area contributed by atoms with Gasteiger partial charge in [0.25, 0.3) is 0 Å². The van der Waals surface area contributed by atoms with Crippen LogP contribution in [0.5, 0.6) is 5.75 Å². The Kier molecular flexibility index (Phi) is 9.88. The lowest BCUT2D eigenvalue weighted by molar-refractivity contribution is -0.137. The van der Waals surface area contributed by atoms with E-state index >= 15 is 0 Å². The van der Waals surface area contributed by atoms with Crippen LogP contribution in [0.2, 0.25) is 0 Å². The topological polar surface area (TPSA) is 71.1 Å². The fourth-order valence-electron chi connectivity index (χ4n) is 3.91. The van der Waals surface area contributed by atoms with Gasteiger partial charge in [0.2, 0.25) is 0 Å². The Labute approximate surface area is 221 Å². The lowest BCUT2D eigenvalue weighted by atomic mass is 10.1. The molecule has 1 saturated heterocycles. The van der Waals surface area contributed by atoms with E-state index in [0.29, 0.717) is 44.2 Å². The van der Waals surface area contributed by atoms with Gasteiger partial charge in [0.1, 0.15) is 11.4 Å². The third-order valence-electron chi connectivity index (χ3n) is 5.98. The fourth-order valence-corrected chi connectivity index (χ4v) is 3.91. The Morgan fingerprint density at radius 2 is 1.45 bits per heavy atom. The molecule has 1 heterocycles. The fraction of sp³-hybridized carbons (Fsp3) is 0.500. The summed E-state index contributed by atoms with van der Waals surface area (Å²) in [4.78, 5) is 28.1. The Morgan fingerprint density at radius 1 is 0.842 bits per heavy atom. The number of piperazine rings is 1. The van der Waals surface area contributed by atoms with Crippen molar-refractivity contribution in [3.8, 4) is 5.75 Å². The van der Waals surface area contributed by atoms with Crippen molar-refractivity contribution in [2.24, 2.45) is 0 Å². The number of rotatable bonds is 8. The number of unbranched alkanes of at least 4 members (excludes halogenated alkanes) is 2. The quantitative estimate of drug-likeness (QED) is 0.388. The van der Waals surface area contributed by atoms with Gasteiger partial charge in [-0.1, -0.05) is 12.1 Å². The molecule has 0 radical (unpaired) electrons. The van der Waals surface area contributed by atoms with Crippen LogP contribution in [-0.2, 0) is 17.3 Å². The maximum atomic E-state index is 12.6. The van der Waals surface area contributed by atoms with E-state index in [-0.39, 0.29) is 12.1 Å². The molecule has 208 valence electrons. The Morgan fingerprint density at radius 3 is 2.03 bits per heavy atom. The summed E-state index contributed by atoms with van der Waals surface area (Å²) < 4.78 is 48.7. The van der Waals surface area contributed by atoms with Gasteiger partial charge >= 0.3 is 18.3 Å². The normalized spacial score (nSPS) is 14.3. The summed E-state index contributed by atoms with van der Waals surface area (Å²) in [6.45, 7) is 7.65. The molecular weight excluding hydrogens is 499 g/mol. The van der Waals surface area contributed by atoms with Gasteiger partial charge < -0.3 is 24.6 Å². The van der Waals surface area contributed by atoms with Gasteiger partial charge in [-0.25, -0.2) is 9.59 Å². The zero-order valence-electron chi connectivity index (χ0n) is 22.1. The summed E-state index contributed by atoms with van der Waals surface area (Å²) in [5, 5.41) is 2.91. The number of benzene rings is 2. The first kappa shape index (κ1) is 29.1. The molecule has 1 fully saturated rings.